The van der Waals surface area contributed by atoms with Crippen molar-refractivity contribution in [1.82, 2.24) is 10.3 Å². The van der Waals surface area contributed by atoms with Crippen molar-refractivity contribution in [2.45, 2.75) is 19.3 Å². The Morgan fingerprint density at radius 1 is 1.16 bits per heavy atom. The molecule has 1 atom stereocenters. The summed E-state index contributed by atoms with van der Waals surface area (Å²) in [7, 11) is 0. The molecule has 5 heteroatoms. The summed E-state index contributed by atoms with van der Waals surface area (Å²) in [5.41, 5.74) is 2.89. The molecule has 0 saturated heterocycles. The van der Waals surface area contributed by atoms with Gasteiger partial charge < -0.3 is 5.32 Å². The summed E-state index contributed by atoms with van der Waals surface area (Å²) >= 11 is 7.71. The predicted molar refractivity (Wildman–Crippen MR) is 104 cm³/mol. The van der Waals surface area contributed by atoms with E-state index >= 15 is 0 Å². The van der Waals surface area contributed by atoms with Crippen LogP contribution in [0.5, 0.6) is 0 Å². The second-order valence-electron chi connectivity index (χ2n) is 5.92. The number of amides is 1. The van der Waals surface area contributed by atoms with Crippen molar-refractivity contribution in [2.24, 2.45) is 0 Å². The number of carbonyl (C=O) groups is 1. The lowest BCUT2D eigenvalue weighted by atomic mass is 10.0. The maximum absolute atomic E-state index is 12.2. The van der Waals surface area contributed by atoms with Gasteiger partial charge in [-0.2, -0.15) is 0 Å². The van der Waals surface area contributed by atoms with Crippen molar-refractivity contribution in [3.8, 4) is 10.6 Å². The van der Waals surface area contributed by atoms with Gasteiger partial charge >= 0.3 is 0 Å². The van der Waals surface area contributed by atoms with Gasteiger partial charge in [0.1, 0.15) is 5.01 Å². The Bertz CT molecular complexity index is 848. The van der Waals surface area contributed by atoms with E-state index in [-0.39, 0.29) is 18.2 Å². The highest BCUT2D eigenvalue weighted by atomic mass is 35.5. The molecule has 1 heterocycles. The number of hydrogen-bond acceptors (Lipinski definition) is 3. The maximum atomic E-state index is 12.2. The van der Waals surface area contributed by atoms with E-state index in [1.54, 1.807) is 0 Å². The quantitative estimate of drug-likeness (QED) is 0.668. The highest BCUT2D eigenvalue weighted by Gasteiger charge is 2.12. The van der Waals surface area contributed by atoms with Gasteiger partial charge in [0.05, 0.1) is 17.1 Å². The fraction of sp³-hybridized carbons (Fsp3) is 0.200. The molecule has 25 heavy (non-hydrogen) atoms. The predicted octanol–water partition coefficient (Wildman–Crippen LogP) is 4.93. The van der Waals surface area contributed by atoms with E-state index in [0.717, 1.165) is 16.3 Å². The molecule has 0 unspecified atom stereocenters. The van der Waals surface area contributed by atoms with E-state index in [4.69, 9.17) is 11.6 Å². The van der Waals surface area contributed by atoms with Gasteiger partial charge in [-0.3, -0.25) is 4.79 Å². The van der Waals surface area contributed by atoms with Crippen molar-refractivity contribution >= 4 is 28.8 Å². The first-order chi connectivity index (χ1) is 12.1. The van der Waals surface area contributed by atoms with E-state index in [9.17, 15) is 4.79 Å². The third-order valence-electron chi connectivity index (χ3n) is 3.97. The van der Waals surface area contributed by atoms with Crippen LogP contribution in [0.15, 0.2) is 60.0 Å². The zero-order chi connectivity index (χ0) is 17.6. The molecule has 0 saturated carbocycles. The number of rotatable bonds is 6. The van der Waals surface area contributed by atoms with Gasteiger partial charge in [-0.05, 0) is 17.5 Å². The average Bonchev–Trinajstić information content (AvgIpc) is 3.09. The minimum atomic E-state index is -0.0150. The van der Waals surface area contributed by atoms with Crippen LogP contribution in [0.1, 0.15) is 24.1 Å². The summed E-state index contributed by atoms with van der Waals surface area (Å²) in [6.45, 7) is 2.72. The van der Waals surface area contributed by atoms with Crippen LogP contribution < -0.4 is 5.32 Å². The number of halogens is 1. The van der Waals surface area contributed by atoms with Crippen LogP contribution in [0.2, 0.25) is 5.02 Å². The lowest BCUT2D eigenvalue weighted by Crippen LogP contribution is -2.28. The summed E-state index contributed by atoms with van der Waals surface area (Å²) in [5, 5.41) is 6.41. The van der Waals surface area contributed by atoms with Crippen LogP contribution in [0.3, 0.4) is 0 Å². The van der Waals surface area contributed by atoms with Crippen molar-refractivity contribution in [3.63, 3.8) is 0 Å². The molecule has 3 nitrogen and oxygen atoms in total. The first kappa shape index (κ1) is 17.6. The third kappa shape index (κ3) is 4.68. The van der Waals surface area contributed by atoms with Crippen molar-refractivity contribution in [1.29, 1.82) is 0 Å². The Morgan fingerprint density at radius 3 is 2.64 bits per heavy atom. The molecule has 0 aliphatic carbocycles. The van der Waals surface area contributed by atoms with Gasteiger partial charge in [0, 0.05) is 17.5 Å². The molecule has 0 bridgehead atoms. The van der Waals surface area contributed by atoms with Crippen molar-refractivity contribution in [3.05, 3.63) is 76.3 Å². The molecule has 3 rings (SSSR count). The van der Waals surface area contributed by atoms with Crippen LogP contribution in [0.25, 0.3) is 10.6 Å². The largest absolute Gasteiger partial charge is 0.355 e. The van der Waals surface area contributed by atoms with Crippen LogP contribution in [0, 0.1) is 0 Å². The van der Waals surface area contributed by atoms with E-state index in [1.165, 1.54) is 16.9 Å². The molecule has 1 aromatic heterocycles. The molecular weight excluding hydrogens is 352 g/mol. The van der Waals surface area contributed by atoms with E-state index in [1.807, 2.05) is 47.8 Å². The Balaban J connectivity index is 1.56. The smallest absolute Gasteiger partial charge is 0.226 e. The first-order valence-electron chi connectivity index (χ1n) is 8.14. The Labute approximate surface area is 156 Å². The topological polar surface area (TPSA) is 42.0 Å². The first-order valence-corrected chi connectivity index (χ1v) is 9.40. The Morgan fingerprint density at radius 2 is 1.88 bits per heavy atom. The van der Waals surface area contributed by atoms with Gasteiger partial charge in [-0.15, -0.1) is 11.3 Å². The fourth-order valence-corrected chi connectivity index (χ4v) is 3.68. The number of carbonyl (C=O) groups excluding carboxylic acids is 1. The number of aromatic nitrogens is 1. The molecule has 0 spiro atoms. The molecule has 0 radical (unpaired) electrons. The standard InChI is InChI=1S/C20H19ClN2OS/c1-14(15-7-3-2-4-8-15)12-22-19(24)11-16-13-25-20(23-16)17-9-5-6-10-18(17)21/h2-10,13-14H,11-12H2,1H3,(H,22,24)/t14-/m1/s1. The van der Waals surface area contributed by atoms with Crippen LogP contribution in [-0.2, 0) is 11.2 Å². The highest BCUT2D eigenvalue weighted by Crippen LogP contribution is 2.30. The van der Waals surface area contributed by atoms with Crippen molar-refractivity contribution in [2.75, 3.05) is 6.54 Å². The molecule has 128 valence electrons. The highest BCUT2D eigenvalue weighted by molar-refractivity contribution is 7.13. The number of thiazole rings is 1. The monoisotopic (exact) mass is 370 g/mol. The lowest BCUT2D eigenvalue weighted by Gasteiger charge is -2.12. The summed E-state index contributed by atoms with van der Waals surface area (Å²) in [6.07, 6.45) is 0.280. The van der Waals surface area contributed by atoms with Gasteiger partial charge in [-0.25, -0.2) is 4.98 Å². The molecule has 0 fully saturated rings. The van der Waals surface area contributed by atoms with E-state index in [2.05, 4.69) is 29.4 Å². The molecule has 1 N–H and O–H groups in total. The van der Waals surface area contributed by atoms with Gasteiger partial charge in [-0.1, -0.05) is 67.1 Å². The zero-order valence-electron chi connectivity index (χ0n) is 13.9. The molecule has 3 aromatic rings. The number of nitrogens with zero attached hydrogens (tertiary/aromatic N) is 1. The molecular formula is C20H19ClN2OS. The molecule has 2 aromatic carbocycles. The third-order valence-corrected chi connectivity index (χ3v) is 5.23. The minimum absolute atomic E-state index is 0.0150. The molecule has 0 aliphatic heterocycles. The van der Waals surface area contributed by atoms with Crippen molar-refractivity contribution < 1.29 is 4.79 Å². The average molecular weight is 371 g/mol. The zero-order valence-corrected chi connectivity index (χ0v) is 15.5. The minimum Gasteiger partial charge on any atom is -0.355 e. The number of nitrogens with one attached hydrogen (secondary N) is 1. The second-order valence-corrected chi connectivity index (χ2v) is 7.18. The summed E-state index contributed by atoms with van der Waals surface area (Å²) in [6, 6.07) is 17.8. The SMILES string of the molecule is C[C@H](CNC(=O)Cc1csc(-c2ccccc2Cl)n1)c1ccccc1. The molecule has 0 aliphatic rings. The van der Waals surface area contributed by atoms with Crippen LogP contribution in [-0.4, -0.2) is 17.4 Å². The maximum Gasteiger partial charge on any atom is 0.226 e. The second kappa shape index (κ2) is 8.28. The van der Waals surface area contributed by atoms with Gasteiger partial charge in [0.2, 0.25) is 5.91 Å². The van der Waals surface area contributed by atoms with Gasteiger partial charge in [0.15, 0.2) is 0 Å². The fourth-order valence-electron chi connectivity index (χ4n) is 2.54. The Hall–Kier alpha value is -2.17. The van der Waals surface area contributed by atoms with E-state index < -0.39 is 0 Å². The van der Waals surface area contributed by atoms with E-state index in [0.29, 0.717) is 11.6 Å². The summed E-state index contributed by atoms with van der Waals surface area (Å²) < 4.78 is 0. The van der Waals surface area contributed by atoms with Crippen LogP contribution >= 0.6 is 22.9 Å². The van der Waals surface area contributed by atoms with Gasteiger partial charge in [0.25, 0.3) is 0 Å². The summed E-state index contributed by atoms with van der Waals surface area (Å²) in [4.78, 5) is 16.7. The number of benzene rings is 2. The Kier molecular flexibility index (Phi) is 5.84. The summed E-state index contributed by atoms with van der Waals surface area (Å²) in [5.74, 6) is 0.262. The normalized spacial score (nSPS) is 11.9. The lowest BCUT2D eigenvalue weighted by molar-refractivity contribution is -0.120. The van der Waals surface area contributed by atoms with Crippen LogP contribution in [0.4, 0.5) is 0 Å². The number of hydrogen-bond donors (Lipinski definition) is 1. The molecule has 1 amide bonds.